The van der Waals surface area contributed by atoms with Crippen LogP contribution in [-0.4, -0.2) is 25.5 Å². The van der Waals surface area contributed by atoms with Gasteiger partial charge in [-0.1, -0.05) is 18.2 Å². The summed E-state index contributed by atoms with van der Waals surface area (Å²) >= 11 is 0. The van der Waals surface area contributed by atoms with Gasteiger partial charge in [-0.3, -0.25) is 9.59 Å². The summed E-state index contributed by atoms with van der Waals surface area (Å²) in [6, 6.07) is 12.0. The lowest BCUT2D eigenvalue weighted by Gasteiger charge is -2.17. The molecule has 28 heavy (non-hydrogen) atoms. The molecule has 0 saturated carbocycles. The molecule has 3 rings (SSSR count). The zero-order chi connectivity index (χ0) is 20.3. The summed E-state index contributed by atoms with van der Waals surface area (Å²) < 4.78 is 44.2. The van der Waals surface area contributed by atoms with E-state index in [1.54, 1.807) is 24.3 Å². The number of nitrogens with one attached hydrogen (secondary N) is 1. The second kappa shape index (κ2) is 7.92. The highest BCUT2D eigenvalue weighted by Crippen LogP contribution is 2.32. The van der Waals surface area contributed by atoms with Gasteiger partial charge in [0.1, 0.15) is 5.75 Å². The van der Waals surface area contributed by atoms with Crippen LogP contribution in [0.5, 0.6) is 5.75 Å². The molecule has 0 aliphatic carbocycles. The van der Waals surface area contributed by atoms with Crippen molar-refractivity contribution in [1.29, 1.82) is 0 Å². The molecule has 0 aromatic heterocycles. The maximum absolute atomic E-state index is 13.0. The van der Waals surface area contributed by atoms with Crippen LogP contribution < -0.4 is 15.0 Å². The molecule has 8 heteroatoms. The van der Waals surface area contributed by atoms with Crippen LogP contribution in [0.1, 0.15) is 17.5 Å². The first-order valence-electron chi connectivity index (χ1n) is 8.67. The lowest BCUT2D eigenvalue weighted by atomic mass is 10.1. The molecule has 1 saturated heterocycles. The predicted octanol–water partition coefficient (Wildman–Crippen LogP) is 3.38. The molecular weight excluding hydrogens is 373 g/mol. The number of ether oxygens (including phenoxy) is 1. The predicted molar refractivity (Wildman–Crippen MR) is 96.7 cm³/mol. The van der Waals surface area contributed by atoms with Crippen molar-refractivity contribution in [1.82, 2.24) is 5.32 Å². The van der Waals surface area contributed by atoms with Gasteiger partial charge in [0.05, 0.1) is 18.6 Å². The Bertz CT molecular complexity index is 866. The molecule has 1 atom stereocenters. The average molecular weight is 392 g/mol. The molecule has 2 aromatic carbocycles. The third-order valence-electron chi connectivity index (χ3n) is 4.66. The van der Waals surface area contributed by atoms with E-state index in [0.29, 0.717) is 11.4 Å². The Kier molecular flexibility index (Phi) is 5.58. The molecule has 1 heterocycles. The van der Waals surface area contributed by atoms with Crippen LogP contribution in [-0.2, 0) is 22.3 Å². The number of amides is 2. The van der Waals surface area contributed by atoms with Gasteiger partial charge < -0.3 is 15.0 Å². The normalized spacial score (nSPS) is 16.9. The summed E-state index contributed by atoms with van der Waals surface area (Å²) in [5, 5.41) is 2.53. The van der Waals surface area contributed by atoms with E-state index >= 15 is 0 Å². The maximum Gasteiger partial charge on any atom is 0.416 e. The van der Waals surface area contributed by atoms with Gasteiger partial charge in [-0.25, -0.2) is 0 Å². The van der Waals surface area contributed by atoms with E-state index in [1.165, 1.54) is 30.2 Å². The number of rotatable bonds is 5. The molecule has 0 spiro atoms. The average Bonchev–Trinajstić information content (AvgIpc) is 3.07. The van der Waals surface area contributed by atoms with Crippen molar-refractivity contribution in [3.05, 3.63) is 59.7 Å². The smallest absolute Gasteiger partial charge is 0.416 e. The van der Waals surface area contributed by atoms with E-state index in [-0.39, 0.29) is 31.0 Å². The standard InChI is InChI=1S/C20H19F3N2O3/c1-28-16-8-6-15(7-9-16)25-12-14(10-18(25)26)19(27)24-11-13-4-2-3-5-17(13)20(21,22)23/h2-9,14H,10-12H2,1H3,(H,24,27)/t14-/m0/s1. The lowest BCUT2D eigenvalue weighted by Crippen LogP contribution is -2.33. The van der Waals surface area contributed by atoms with Crippen molar-refractivity contribution in [2.75, 3.05) is 18.6 Å². The number of methoxy groups -OCH3 is 1. The number of anilines is 1. The Labute approximate surface area is 160 Å². The van der Waals surface area contributed by atoms with E-state index in [1.807, 2.05) is 0 Å². The fourth-order valence-electron chi connectivity index (χ4n) is 3.17. The minimum atomic E-state index is -4.49. The molecule has 0 bridgehead atoms. The molecule has 5 nitrogen and oxygen atoms in total. The molecule has 2 amide bonds. The van der Waals surface area contributed by atoms with Gasteiger partial charge in [0.15, 0.2) is 0 Å². The number of nitrogens with zero attached hydrogens (tertiary/aromatic N) is 1. The van der Waals surface area contributed by atoms with E-state index < -0.39 is 23.6 Å². The second-order valence-electron chi connectivity index (χ2n) is 6.48. The summed E-state index contributed by atoms with van der Waals surface area (Å²) in [7, 11) is 1.54. The Balaban J connectivity index is 1.64. The van der Waals surface area contributed by atoms with Crippen molar-refractivity contribution >= 4 is 17.5 Å². The largest absolute Gasteiger partial charge is 0.497 e. The number of carbonyl (C=O) groups excluding carboxylic acids is 2. The molecule has 1 N–H and O–H groups in total. The number of benzene rings is 2. The monoisotopic (exact) mass is 392 g/mol. The number of hydrogen-bond acceptors (Lipinski definition) is 3. The van der Waals surface area contributed by atoms with Gasteiger partial charge in [0, 0.05) is 25.2 Å². The zero-order valence-electron chi connectivity index (χ0n) is 15.1. The molecule has 1 fully saturated rings. The van der Waals surface area contributed by atoms with Crippen molar-refractivity contribution < 1.29 is 27.5 Å². The number of halogens is 3. The van der Waals surface area contributed by atoms with Gasteiger partial charge in [-0.05, 0) is 35.9 Å². The summed E-state index contributed by atoms with van der Waals surface area (Å²) in [5.74, 6) is -0.622. The summed E-state index contributed by atoms with van der Waals surface area (Å²) in [6.45, 7) is -0.0698. The van der Waals surface area contributed by atoms with Gasteiger partial charge in [0.25, 0.3) is 0 Å². The highest BCUT2D eigenvalue weighted by Gasteiger charge is 2.36. The Morgan fingerprint density at radius 2 is 1.86 bits per heavy atom. The Morgan fingerprint density at radius 3 is 2.50 bits per heavy atom. The number of carbonyl (C=O) groups is 2. The van der Waals surface area contributed by atoms with Gasteiger partial charge in [-0.2, -0.15) is 13.2 Å². The zero-order valence-corrected chi connectivity index (χ0v) is 15.1. The van der Waals surface area contributed by atoms with Crippen molar-refractivity contribution in [2.45, 2.75) is 19.1 Å². The molecule has 2 aromatic rings. The third-order valence-corrected chi connectivity index (χ3v) is 4.66. The topological polar surface area (TPSA) is 58.6 Å². The quantitative estimate of drug-likeness (QED) is 0.849. The molecule has 148 valence electrons. The molecule has 0 radical (unpaired) electrons. The maximum atomic E-state index is 13.0. The first-order valence-corrected chi connectivity index (χ1v) is 8.67. The Morgan fingerprint density at radius 1 is 1.18 bits per heavy atom. The fraction of sp³-hybridized carbons (Fsp3) is 0.300. The van der Waals surface area contributed by atoms with Crippen LogP contribution in [0.25, 0.3) is 0 Å². The van der Waals surface area contributed by atoms with Gasteiger partial charge in [0.2, 0.25) is 11.8 Å². The van der Waals surface area contributed by atoms with Gasteiger partial charge in [-0.15, -0.1) is 0 Å². The number of hydrogen-bond donors (Lipinski definition) is 1. The van der Waals surface area contributed by atoms with E-state index in [0.717, 1.165) is 6.07 Å². The second-order valence-corrected chi connectivity index (χ2v) is 6.48. The minimum absolute atomic E-state index is 0.0127. The molecule has 0 unspecified atom stereocenters. The minimum Gasteiger partial charge on any atom is -0.497 e. The highest BCUT2D eigenvalue weighted by molar-refractivity contribution is 6.00. The summed E-state index contributed by atoms with van der Waals surface area (Å²) in [6.07, 6.45) is -4.48. The summed E-state index contributed by atoms with van der Waals surface area (Å²) in [4.78, 5) is 26.2. The van der Waals surface area contributed by atoms with Crippen molar-refractivity contribution in [3.8, 4) is 5.75 Å². The van der Waals surface area contributed by atoms with Crippen molar-refractivity contribution in [2.24, 2.45) is 5.92 Å². The van der Waals surface area contributed by atoms with Crippen LogP contribution in [0.2, 0.25) is 0 Å². The SMILES string of the molecule is COc1ccc(N2C[C@@H](C(=O)NCc3ccccc3C(F)(F)F)CC2=O)cc1. The molecule has 1 aliphatic heterocycles. The van der Waals surface area contributed by atoms with Crippen LogP contribution in [0.3, 0.4) is 0 Å². The van der Waals surface area contributed by atoms with E-state index in [2.05, 4.69) is 5.32 Å². The number of alkyl halides is 3. The van der Waals surface area contributed by atoms with Gasteiger partial charge >= 0.3 is 6.18 Å². The fourth-order valence-corrected chi connectivity index (χ4v) is 3.17. The third kappa shape index (κ3) is 4.27. The van der Waals surface area contributed by atoms with E-state index in [9.17, 15) is 22.8 Å². The van der Waals surface area contributed by atoms with Crippen LogP contribution >= 0.6 is 0 Å². The first kappa shape index (κ1) is 19.7. The van der Waals surface area contributed by atoms with Crippen LogP contribution in [0.15, 0.2) is 48.5 Å². The lowest BCUT2D eigenvalue weighted by molar-refractivity contribution is -0.138. The Hall–Kier alpha value is -3.03. The van der Waals surface area contributed by atoms with Crippen molar-refractivity contribution in [3.63, 3.8) is 0 Å². The molecular formula is C20H19F3N2O3. The van der Waals surface area contributed by atoms with Crippen LogP contribution in [0.4, 0.5) is 18.9 Å². The van der Waals surface area contributed by atoms with E-state index in [4.69, 9.17) is 4.74 Å². The summed E-state index contributed by atoms with van der Waals surface area (Å²) in [5.41, 5.74) is -0.152. The highest BCUT2D eigenvalue weighted by atomic mass is 19.4. The van der Waals surface area contributed by atoms with Crippen LogP contribution in [0, 0.1) is 5.92 Å². The first-order chi connectivity index (χ1) is 13.3. The molecule has 1 aliphatic rings.